The lowest BCUT2D eigenvalue weighted by atomic mass is 10.3. The minimum absolute atomic E-state index is 0.00154. The largest absolute Gasteiger partial charge is 0.477 e. The van der Waals surface area contributed by atoms with Crippen molar-refractivity contribution >= 4 is 17.7 Å². The highest BCUT2D eigenvalue weighted by atomic mass is 16.5. The van der Waals surface area contributed by atoms with Gasteiger partial charge in [-0.1, -0.05) is 0 Å². The highest BCUT2D eigenvalue weighted by Gasteiger charge is 2.32. The third-order valence-corrected chi connectivity index (χ3v) is 3.19. The maximum Gasteiger partial charge on any atom is 0.354 e. The van der Waals surface area contributed by atoms with E-state index in [1.54, 1.807) is 25.0 Å². The molecule has 1 aromatic rings. The van der Waals surface area contributed by atoms with Crippen LogP contribution in [0.1, 0.15) is 29.0 Å². The molecule has 20 heavy (non-hydrogen) atoms. The first-order valence-electron chi connectivity index (χ1n) is 6.52. The van der Waals surface area contributed by atoms with Crippen molar-refractivity contribution < 1.29 is 19.4 Å². The number of methoxy groups -OCH3 is 1. The Morgan fingerprint density at radius 1 is 1.55 bits per heavy atom. The Kier molecular flexibility index (Phi) is 4.29. The summed E-state index contributed by atoms with van der Waals surface area (Å²) in [5.74, 6) is -1.09. The summed E-state index contributed by atoms with van der Waals surface area (Å²) in [4.78, 5) is 27.7. The van der Waals surface area contributed by atoms with Crippen LogP contribution in [0.5, 0.6) is 0 Å². The summed E-state index contributed by atoms with van der Waals surface area (Å²) in [7, 11) is 1.58. The van der Waals surface area contributed by atoms with Crippen molar-refractivity contribution in [2.24, 2.45) is 0 Å². The average Bonchev–Trinajstić information content (AvgIpc) is 3.14. The molecule has 1 aliphatic carbocycles. The van der Waals surface area contributed by atoms with Gasteiger partial charge in [-0.05, 0) is 25.8 Å². The number of aromatic amines is 1. The maximum absolute atomic E-state index is 12.2. The Hall–Kier alpha value is -2.02. The first-order chi connectivity index (χ1) is 9.52. The van der Waals surface area contributed by atoms with Crippen molar-refractivity contribution in [3.05, 3.63) is 17.5 Å². The van der Waals surface area contributed by atoms with Gasteiger partial charge in [-0.25, -0.2) is 9.59 Å². The monoisotopic (exact) mass is 281 g/mol. The molecule has 7 nitrogen and oxygen atoms in total. The second-order valence-electron chi connectivity index (χ2n) is 4.89. The fourth-order valence-electron chi connectivity index (χ4n) is 2.07. The lowest BCUT2D eigenvalue weighted by Gasteiger charge is -2.22. The van der Waals surface area contributed by atoms with E-state index in [2.05, 4.69) is 10.3 Å². The number of ether oxygens (including phenoxy) is 1. The van der Waals surface area contributed by atoms with Gasteiger partial charge in [-0.15, -0.1) is 0 Å². The summed E-state index contributed by atoms with van der Waals surface area (Å²) >= 11 is 0. The highest BCUT2D eigenvalue weighted by molar-refractivity contribution is 5.99. The van der Waals surface area contributed by atoms with Crippen LogP contribution in [-0.4, -0.2) is 53.3 Å². The number of aryl methyl sites for hydroxylation is 1. The molecule has 0 saturated heterocycles. The molecule has 110 valence electrons. The number of carboxylic acids is 1. The number of hydrogen-bond acceptors (Lipinski definition) is 3. The van der Waals surface area contributed by atoms with Crippen LogP contribution in [-0.2, 0) is 4.74 Å². The van der Waals surface area contributed by atoms with E-state index in [1.165, 1.54) is 0 Å². The summed E-state index contributed by atoms with van der Waals surface area (Å²) in [6, 6.07) is 1.56. The Labute approximate surface area is 116 Å². The maximum atomic E-state index is 12.2. The summed E-state index contributed by atoms with van der Waals surface area (Å²) in [6.45, 7) is 2.70. The molecule has 0 aromatic carbocycles. The fourth-order valence-corrected chi connectivity index (χ4v) is 2.07. The van der Waals surface area contributed by atoms with Gasteiger partial charge in [0.2, 0.25) is 0 Å². The predicted molar refractivity (Wildman–Crippen MR) is 73.1 cm³/mol. The molecule has 0 unspecified atom stereocenters. The molecule has 7 heteroatoms. The van der Waals surface area contributed by atoms with E-state index in [0.29, 0.717) is 24.5 Å². The number of urea groups is 1. The number of aromatic carboxylic acids is 1. The number of aromatic nitrogens is 1. The van der Waals surface area contributed by atoms with Crippen molar-refractivity contribution in [3.8, 4) is 0 Å². The molecule has 3 N–H and O–H groups in total. The molecule has 1 heterocycles. The van der Waals surface area contributed by atoms with Gasteiger partial charge < -0.3 is 25.0 Å². The van der Waals surface area contributed by atoms with Crippen molar-refractivity contribution in [2.45, 2.75) is 25.8 Å². The molecule has 0 aliphatic heterocycles. The average molecular weight is 281 g/mol. The number of H-pyrrole nitrogens is 1. The van der Waals surface area contributed by atoms with Gasteiger partial charge in [-0.3, -0.25) is 0 Å². The lowest BCUT2D eigenvalue weighted by Crippen LogP contribution is -2.39. The van der Waals surface area contributed by atoms with E-state index in [4.69, 9.17) is 9.84 Å². The number of nitrogens with one attached hydrogen (secondary N) is 2. The number of carboxylic acid groups (broad SMARTS) is 1. The molecule has 1 aromatic heterocycles. The minimum Gasteiger partial charge on any atom is -0.477 e. The topological polar surface area (TPSA) is 94.7 Å². The Morgan fingerprint density at radius 2 is 2.25 bits per heavy atom. The van der Waals surface area contributed by atoms with E-state index in [1.807, 2.05) is 0 Å². The number of hydrogen-bond donors (Lipinski definition) is 3. The van der Waals surface area contributed by atoms with Crippen LogP contribution < -0.4 is 5.32 Å². The zero-order valence-electron chi connectivity index (χ0n) is 11.6. The van der Waals surface area contributed by atoms with Gasteiger partial charge in [-0.2, -0.15) is 0 Å². The quantitative estimate of drug-likeness (QED) is 0.739. The molecule has 1 fully saturated rings. The molecule has 0 atom stereocenters. The van der Waals surface area contributed by atoms with Gasteiger partial charge in [0.05, 0.1) is 12.3 Å². The van der Waals surface area contributed by atoms with E-state index < -0.39 is 5.97 Å². The summed E-state index contributed by atoms with van der Waals surface area (Å²) in [5.41, 5.74) is 0.981. The molecular weight excluding hydrogens is 262 g/mol. The van der Waals surface area contributed by atoms with E-state index in [-0.39, 0.29) is 17.8 Å². The number of carbonyl (C=O) groups excluding carboxylic acids is 1. The van der Waals surface area contributed by atoms with Crippen molar-refractivity contribution in [1.29, 1.82) is 0 Å². The van der Waals surface area contributed by atoms with Crippen molar-refractivity contribution in [1.82, 2.24) is 9.88 Å². The first-order valence-corrected chi connectivity index (χ1v) is 6.52. The zero-order valence-corrected chi connectivity index (χ0v) is 11.6. The van der Waals surface area contributed by atoms with Crippen LogP contribution in [0.25, 0.3) is 0 Å². The van der Waals surface area contributed by atoms with E-state index >= 15 is 0 Å². The molecule has 1 aliphatic rings. The van der Waals surface area contributed by atoms with Crippen LogP contribution >= 0.6 is 0 Å². The Bertz CT molecular complexity index is 508. The first kappa shape index (κ1) is 14.4. The normalized spacial score (nSPS) is 14.1. The molecule has 1 saturated carbocycles. The molecule has 0 radical (unpaired) electrons. The summed E-state index contributed by atoms with van der Waals surface area (Å²) in [5, 5.41) is 11.7. The Morgan fingerprint density at radius 3 is 2.80 bits per heavy atom. The van der Waals surface area contributed by atoms with Crippen molar-refractivity contribution in [3.63, 3.8) is 0 Å². The number of nitrogens with zero attached hydrogens (tertiary/aromatic N) is 1. The van der Waals surface area contributed by atoms with Gasteiger partial charge in [0, 0.05) is 25.4 Å². The van der Waals surface area contributed by atoms with Gasteiger partial charge in [0.15, 0.2) is 0 Å². The second kappa shape index (κ2) is 5.96. The third-order valence-electron chi connectivity index (χ3n) is 3.19. The van der Waals surface area contributed by atoms with Crippen LogP contribution in [0.15, 0.2) is 6.07 Å². The summed E-state index contributed by atoms with van der Waals surface area (Å²) in [6.07, 6.45) is 1.96. The zero-order chi connectivity index (χ0) is 14.7. The van der Waals surface area contributed by atoms with Gasteiger partial charge in [0.1, 0.15) is 5.69 Å². The molecule has 2 amide bonds. The number of anilines is 1. The van der Waals surface area contributed by atoms with Crippen LogP contribution in [0, 0.1) is 6.92 Å². The molecule has 2 rings (SSSR count). The van der Waals surface area contributed by atoms with Crippen LogP contribution in [0.3, 0.4) is 0 Å². The molecular formula is C13H19N3O4. The number of rotatable bonds is 6. The van der Waals surface area contributed by atoms with Gasteiger partial charge >= 0.3 is 12.0 Å². The fraction of sp³-hybridized carbons (Fsp3) is 0.538. The van der Waals surface area contributed by atoms with E-state index in [9.17, 15) is 9.59 Å². The van der Waals surface area contributed by atoms with Crippen LogP contribution in [0.4, 0.5) is 10.5 Å². The molecule has 0 bridgehead atoms. The predicted octanol–water partition coefficient (Wildman–Crippen LogP) is 1.66. The number of amides is 2. The molecule has 0 spiro atoms. The second-order valence-corrected chi connectivity index (χ2v) is 4.89. The van der Waals surface area contributed by atoms with Gasteiger partial charge in [0.25, 0.3) is 0 Å². The SMILES string of the molecule is COCCN(C(=O)Nc1cc(C)[nH]c1C(=O)O)C1CC1. The standard InChI is InChI=1S/C13H19N3O4/c1-8-7-10(11(14-8)12(17)18)15-13(19)16(5-6-20-2)9-3-4-9/h7,9,14H,3-6H2,1-2H3,(H,15,19)(H,17,18). The van der Waals surface area contributed by atoms with Crippen LogP contribution in [0.2, 0.25) is 0 Å². The summed E-state index contributed by atoms with van der Waals surface area (Å²) < 4.78 is 4.99. The lowest BCUT2D eigenvalue weighted by molar-refractivity contribution is 0.0692. The third kappa shape index (κ3) is 3.30. The minimum atomic E-state index is -1.09. The number of carbonyl (C=O) groups is 2. The smallest absolute Gasteiger partial charge is 0.354 e. The van der Waals surface area contributed by atoms with Crippen molar-refractivity contribution in [2.75, 3.05) is 25.6 Å². The highest BCUT2D eigenvalue weighted by Crippen LogP contribution is 2.27. The Balaban J connectivity index is 2.07. The van der Waals surface area contributed by atoms with E-state index in [0.717, 1.165) is 12.8 Å².